The van der Waals surface area contributed by atoms with E-state index >= 15 is 0 Å². The number of hydrogen-bond acceptors (Lipinski definition) is 8. The summed E-state index contributed by atoms with van der Waals surface area (Å²) in [7, 11) is 0. The van der Waals surface area contributed by atoms with E-state index in [-0.39, 0.29) is 0 Å². The van der Waals surface area contributed by atoms with E-state index in [2.05, 4.69) is 78.1 Å². The number of para-hydroxylation sites is 1. The lowest BCUT2D eigenvalue weighted by atomic mass is 10.1. The number of anilines is 1. The van der Waals surface area contributed by atoms with Crippen LogP contribution in [0.3, 0.4) is 0 Å². The van der Waals surface area contributed by atoms with Gasteiger partial charge in [-0.1, -0.05) is 18.2 Å². The number of nitrogens with zero attached hydrogens (tertiary/aromatic N) is 7. The smallest absolute Gasteiger partial charge is 0.268 e. The number of aryl methyl sites for hydroxylation is 2. The van der Waals surface area contributed by atoms with Crippen molar-refractivity contribution in [1.29, 1.82) is 0 Å². The molecule has 9 heteroatoms. The lowest BCUT2D eigenvalue weighted by Crippen LogP contribution is -2.47. The van der Waals surface area contributed by atoms with E-state index < -0.39 is 0 Å². The predicted octanol–water partition coefficient (Wildman–Crippen LogP) is 4.34. The molecule has 2 aliphatic heterocycles. The second kappa shape index (κ2) is 9.25. The van der Waals surface area contributed by atoms with Gasteiger partial charge in [0.05, 0.1) is 16.9 Å². The van der Waals surface area contributed by atoms with Gasteiger partial charge in [-0.3, -0.25) is 14.5 Å². The molecule has 0 unspecified atom stereocenters. The van der Waals surface area contributed by atoms with Gasteiger partial charge in [0.1, 0.15) is 18.7 Å². The van der Waals surface area contributed by atoms with Crippen LogP contribution in [0.2, 0.25) is 0 Å². The molecule has 0 amide bonds. The summed E-state index contributed by atoms with van der Waals surface area (Å²) in [6, 6.07) is 17.1. The minimum atomic E-state index is 0.416. The average molecular weight is 508 g/mol. The third-order valence-corrected chi connectivity index (χ3v) is 7.54. The molecule has 7 rings (SSSR count). The zero-order chi connectivity index (χ0) is 25.6. The summed E-state index contributed by atoms with van der Waals surface area (Å²) in [5, 5.41) is 9.31. The zero-order valence-corrected chi connectivity index (χ0v) is 21.6. The molecule has 3 aromatic heterocycles. The van der Waals surface area contributed by atoms with Crippen molar-refractivity contribution in [3.05, 3.63) is 77.7 Å². The molecule has 0 N–H and O–H groups in total. The lowest BCUT2D eigenvalue weighted by molar-refractivity contribution is 0.255. The van der Waals surface area contributed by atoms with E-state index in [0.29, 0.717) is 24.1 Å². The maximum Gasteiger partial charge on any atom is 0.268 e. The second-order valence-electron chi connectivity index (χ2n) is 9.97. The molecular weight excluding hydrogens is 478 g/mol. The molecule has 38 heavy (non-hydrogen) atoms. The number of rotatable bonds is 5. The van der Waals surface area contributed by atoms with Gasteiger partial charge in [0.25, 0.3) is 5.89 Å². The molecule has 0 saturated carbocycles. The first kappa shape index (κ1) is 22.9. The molecule has 9 nitrogen and oxygen atoms in total. The Labute approximate surface area is 220 Å². The third-order valence-electron chi connectivity index (χ3n) is 7.54. The van der Waals surface area contributed by atoms with Crippen molar-refractivity contribution < 1.29 is 9.15 Å². The summed E-state index contributed by atoms with van der Waals surface area (Å²) in [5.74, 6) is 1.88. The Hall–Kier alpha value is -4.24. The summed E-state index contributed by atoms with van der Waals surface area (Å²) in [6.07, 6.45) is 2.75. The molecule has 1 fully saturated rings. The lowest BCUT2D eigenvalue weighted by Gasteiger charge is -2.36. The van der Waals surface area contributed by atoms with Crippen molar-refractivity contribution in [2.45, 2.75) is 26.9 Å². The van der Waals surface area contributed by atoms with Crippen LogP contribution >= 0.6 is 0 Å². The molecule has 0 atom stereocenters. The fourth-order valence-electron chi connectivity index (χ4n) is 5.56. The number of ether oxygens (including phenoxy) is 1. The molecule has 192 valence electrons. The standard InChI is InChI=1S/C29H29N7O2/c1-19-9-10-22-23(31-19)6-4-7-24(22)35-15-13-34(14-16-35)12-11-21-5-3-8-25-28(21)37-17-26-27(30-18-36(25)26)29-33-32-20(2)38-29/h3-10,18H,11-17H2,1-2H3. The van der Waals surface area contributed by atoms with Gasteiger partial charge in [0, 0.05) is 56.4 Å². The number of piperazine rings is 1. The average Bonchev–Trinajstić information content (AvgIpc) is 3.58. The van der Waals surface area contributed by atoms with Gasteiger partial charge in [-0.2, -0.15) is 0 Å². The maximum absolute atomic E-state index is 6.29. The number of imidazole rings is 1. The summed E-state index contributed by atoms with van der Waals surface area (Å²) >= 11 is 0. The first-order valence-electron chi connectivity index (χ1n) is 13.1. The monoisotopic (exact) mass is 507 g/mol. The van der Waals surface area contributed by atoms with Crippen LogP contribution in [0, 0.1) is 13.8 Å². The molecular formula is C29H29N7O2. The Balaban J connectivity index is 1.04. The molecule has 5 heterocycles. The van der Waals surface area contributed by atoms with Crippen molar-refractivity contribution in [3.63, 3.8) is 0 Å². The first-order chi connectivity index (χ1) is 18.6. The van der Waals surface area contributed by atoms with Crippen LogP contribution in [0.1, 0.15) is 22.8 Å². The van der Waals surface area contributed by atoms with Gasteiger partial charge >= 0.3 is 0 Å². The Morgan fingerprint density at radius 1 is 0.895 bits per heavy atom. The van der Waals surface area contributed by atoms with Gasteiger partial charge in [-0.25, -0.2) is 4.98 Å². The molecule has 2 aliphatic rings. The molecule has 0 aliphatic carbocycles. The van der Waals surface area contributed by atoms with E-state index in [9.17, 15) is 0 Å². The highest BCUT2D eigenvalue weighted by Gasteiger charge is 2.26. The van der Waals surface area contributed by atoms with E-state index in [4.69, 9.17) is 14.1 Å². The summed E-state index contributed by atoms with van der Waals surface area (Å²) < 4.78 is 14.0. The Morgan fingerprint density at radius 2 is 1.74 bits per heavy atom. The zero-order valence-electron chi connectivity index (χ0n) is 21.6. The highest BCUT2D eigenvalue weighted by molar-refractivity contribution is 5.92. The minimum absolute atomic E-state index is 0.416. The van der Waals surface area contributed by atoms with Crippen LogP contribution in [0.4, 0.5) is 5.69 Å². The number of aromatic nitrogens is 5. The highest BCUT2D eigenvalue weighted by Crippen LogP contribution is 2.36. The van der Waals surface area contributed by atoms with E-state index in [1.54, 1.807) is 6.92 Å². The molecule has 2 aromatic carbocycles. The molecule has 0 bridgehead atoms. The maximum atomic E-state index is 6.29. The fraction of sp³-hybridized carbons (Fsp3) is 0.310. The van der Waals surface area contributed by atoms with Crippen LogP contribution in [-0.2, 0) is 13.0 Å². The highest BCUT2D eigenvalue weighted by atomic mass is 16.5. The number of benzene rings is 2. The van der Waals surface area contributed by atoms with E-state index in [0.717, 1.165) is 67.5 Å². The van der Waals surface area contributed by atoms with Crippen molar-refractivity contribution in [3.8, 4) is 23.0 Å². The van der Waals surface area contributed by atoms with Crippen LogP contribution in [0.5, 0.6) is 5.75 Å². The van der Waals surface area contributed by atoms with Crippen molar-refractivity contribution in [2.24, 2.45) is 0 Å². The molecule has 5 aromatic rings. The van der Waals surface area contributed by atoms with Gasteiger partial charge in [0.2, 0.25) is 5.89 Å². The van der Waals surface area contributed by atoms with E-state index in [1.807, 2.05) is 13.3 Å². The molecule has 1 saturated heterocycles. The Kier molecular flexibility index (Phi) is 5.58. The van der Waals surface area contributed by atoms with Gasteiger partial charge in [0.15, 0.2) is 5.69 Å². The number of pyridine rings is 1. The largest absolute Gasteiger partial charge is 0.485 e. The number of fused-ring (bicyclic) bond motifs is 4. The first-order valence-corrected chi connectivity index (χ1v) is 13.1. The van der Waals surface area contributed by atoms with Crippen LogP contribution in [0.25, 0.3) is 28.2 Å². The summed E-state index contributed by atoms with van der Waals surface area (Å²) in [4.78, 5) is 14.3. The SMILES string of the molecule is Cc1ccc2c(N3CCN(CCc4cccc5c4OCc4c(-c6nnc(C)o6)ncn4-5)CC3)cccc2n1. The van der Waals surface area contributed by atoms with Gasteiger partial charge in [-0.05, 0) is 49.2 Å². The fourth-order valence-corrected chi connectivity index (χ4v) is 5.56. The van der Waals surface area contributed by atoms with Crippen LogP contribution in [0.15, 0.2) is 59.3 Å². The van der Waals surface area contributed by atoms with Crippen LogP contribution < -0.4 is 9.64 Å². The molecule has 0 radical (unpaired) electrons. The van der Waals surface area contributed by atoms with Crippen molar-refractivity contribution >= 4 is 16.6 Å². The van der Waals surface area contributed by atoms with Gasteiger partial charge in [-0.15, -0.1) is 10.2 Å². The number of hydrogen-bond donors (Lipinski definition) is 0. The van der Waals surface area contributed by atoms with Crippen molar-refractivity contribution in [2.75, 3.05) is 37.6 Å². The minimum Gasteiger partial charge on any atom is -0.485 e. The Morgan fingerprint density at radius 3 is 2.58 bits per heavy atom. The predicted molar refractivity (Wildman–Crippen MR) is 145 cm³/mol. The van der Waals surface area contributed by atoms with Crippen molar-refractivity contribution in [1.82, 2.24) is 29.6 Å². The summed E-state index contributed by atoms with van der Waals surface area (Å²) in [5.41, 5.74) is 7.23. The quantitative estimate of drug-likeness (QED) is 0.347. The van der Waals surface area contributed by atoms with Crippen LogP contribution in [-0.4, -0.2) is 62.4 Å². The Bertz CT molecular complexity index is 1630. The normalized spacial score (nSPS) is 15.4. The van der Waals surface area contributed by atoms with Gasteiger partial charge < -0.3 is 14.1 Å². The topological polar surface area (TPSA) is 85.3 Å². The summed E-state index contributed by atoms with van der Waals surface area (Å²) in [6.45, 7) is 9.31. The third kappa shape index (κ3) is 3.99. The van der Waals surface area contributed by atoms with E-state index in [1.165, 1.54) is 16.6 Å². The molecule has 0 spiro atoms. The second-order valence-corrected chi connectivity index (χ2v) is 9.97.